The number of carbonyl (C=O) groups is 2. The Kier molecular flexibility index (Phi) is 6.04. The van der Waals surface area contributed by atoms with Gasteiger partial charge in [-0.05, 0) is 56.0 Å². The molecular formula is C24H29N5O4. The van der Waals surface area contributed by atoms with Crippen LogP contribution in [-0.2, 0) is 4.79 Å². The number of carbonyl (C=O) groups excluding carboxylic acids is 1. The first kappa shape index (κ1) is 21.5. The maximum atomic E-state index is 13.1. The number of urea groups is 1. The number of oxazole rings is 1. The van der Waals surface area contributed by atoms with Crippen molar-refractivity contribution >= 4 is 23.1 Å². The Balaban J connectivity index is 1.21. The zero-order chi connectivity index (χ0) is 22.8. The van der Waals surface area contributed by atoms with Gasteiger partial charge in [-0.15, -0.1) is 0 Å². The fraction of sp³-hybridized carbons (Fsp3) is 0.458. The van der Waals surface area contributed by atoms with Crippen LogP contribution in [0.15, 0.2) is 52.1 Å². The van der Waals surface area contributed by atoms with Crippen LogP contribution in [0.4, 0.5) is 4.79 Å². The van der Waals surface area contributed by atoms with Gasteiger partial charge < -0.3 is 24.6 Å². The Morgan fingerprint density at radius 3 is 3.00 bits per heavy atom. The van der Waals surface area contributed by atoms with Gasteiger partial charge in [0.15, 0.2) is 5.58 Å². The maximum absolute atomic E-state index is 13.1. The fourth-order valence-corrected chi connectivity index (χ4v) is 4.82. The number of amides is 2. The van der Waals surface area contributed by atoms with Gasteiger partial charge in [0, 0.05) is 25.3 Å². The summed E-state index contributed by atoms with van der Waals surface area (Å²) in [5, 5.41) is 16.5. The molecule has 3 N–H and O–H groups in total. The van der Waals surface area contributed by atoms with Crippen molar-refractivity contribution in [2.75, 3.05) is 26.2 Å². The summed E-state index contributed by atoms with van der Waals surface area (Å²) in [6.07, 6.45) is 8.34. The van der Waals surface area contributed by atoms with Gasteiger partial charge in [-0.1, -0.05) is 18.2 Å². The Labute approximate surface area is 192 Å². The van der Waals surface area contributed by atoms with E-state index in [2.05, 4.69) is 27.8 Å². The number of fused-ring (bicyclic) bond motifs is 2. The second-order valence-corrected chi connectivity index (χ2v) is 8.77. The minimum absolute atomic E-state index is 0.162. The molecule has 2 saturated heterocycles. The molecule has 0 saturated carbocycles. The average molecular weight is 452 g/mol. The number of carboxylic acid groups (broad SMARTS) is 1. The zero-order valence-electron chi connectivity index (χ0n) is 18.5. The number of carboxylic acids is 1. The topological polar surface area (TPSA) is 111 Å². The molecule has 3 aliphatic heterocycles. The lowest BCUT2D eigenvalue weighted by molar-refractivity contribution is -0.138. The van der Waals surface area contributed by atoms with Crippen LogP contribution in [0, 0.1) is 0 Å². The lowest BCUT2D eigenvalue weighted by Crippen LogP contribution is -2.47. The van der Waals surface area contributed by atoms with Crippen LogP contribution in [0.1, 0.15) is 44.0 Å². The van der Waals surface area contributed by atoms with Crippen LogP contribution in [0.2, 0.25) is 0 Å². The van der Waals surface area contributed by atoms with E-state index in [9.17, 15) is 14.7 Å². The summed E-state index contributed by atoms with van der Waals surface area (Å²) in [7, 11) is 0. The van der Waals surface area contributed by atoms with Crippen molar-refractivity contribution in [1.82, 2.24) is 25.4 Å². The predicted molar refractivity (Wildman–Crippen MR) is 122 cm³/mol. The number of allylic oxidation sites excluding steroid dienone is 3. The van der Waals surface area contributed by atoms with Crippen LogP contribution in [0.5, 0.6) is 0 Å². The number of benzene rings is 1. The van der Waals surface area contributed by atoms with Crippen molar-refractivity contribution in [2.24, 2.45) is 0 Å². The van der Waals surface area contributed by atoms with Gasteiger partial charge in [-0.25, -0.2) is 9.78 Å². The highest BCUT2D eigenvalue weighted by Gasteiger charge is 2.38. The van der Waals surface area contributed by atoms with Crippen molar-refractivity contribution in [3.63, 3.8) is 0 Å². The van der Waals surface area contributed by atoms with Crippen LogP contribution >= 0.6 is 0 Å². The molecule has 9 nitrogen and oxygen atoms in total. The molecule has 5 rings (SSSR count). The minimum Gasteiger partial charge on any atom is -0.481 e. The van der Waals surface area contributed by atoms with Crippen molar-refractivity contribution < 1.29 is 19.1 Å². The van der Waals surface area contributed by atoms with Crippen molar-refractivity contribution in [3.8, 4) is 0 Å². The molecule has 174 valence electrons. The molecule has 2 atom stereocenters. The van der Waals surface area contributed by atoms with Crippen molar-refractivity contribution in [3.05, 3.63) is 53.6 Å². The predicted octanol–water partition coefficient (Wildman–Crippen LogP) is 2.98. The van der Waals surface area contributed by atoms with Crippen LogP contribution in [-0.4, -0.2) is 64.2 Å². The van der Waals surface area contributed by atoms with Gasteiger partial charge >= 0.3 is 12.0 Å². The first-order chi connectivity index (χ1) is 16.1. The third-order valence-corrected chi connectivity index (χ3v) is 6.53. The van der Waals surface area contributed by atoms with Gasteiger partial charge in [-0.2, -0.15) is 0 Å². The summed E-state index contributed by atoms with van der Waals surface area (Å²) in [5.74, 6) is -0.722. The Morgan fingerprint density at radius 2 is 2.15 bits per heavy atom. The summed E-state index contributed by atoms with van der Waals surface area (Å²) < 4.78 is 5.82. The van der Waals surface area contributed by atoms with Gasteiger partial charge in [0.05, 0.1) is 12.6 Å². The second-order valence-electron chi connectivity index (χ2n) is 8.77. The molecule has 2 amide bonds. The van der Waals surface area contributed by atoms with Crippen LogP contribution in [0.3, 0.4) is 0 Å². The number of hydrogen-bond donors (Lipinski definition) is 3. The lowest BCUT2D eigenvalue weighted by Gasteiger charge is -2.32. The van der Waals surface area contributed by atoms with E-state index in [-0.39, 0.29) is 24.5 Å². The molecule has 2 fully saturated rings. The summed E-state index contributed by atoms with van der Waals surface area (Å²) in [6.45, 7) is 2.67. The number of nitrogens with one attached hydrogen (secondary N) is 2. The maximum Gasteiger partial charge on any atom is 0.320 e. The second kappa shape index (κ2) is 9.27. The number of aliphatic carboxylic acids is 1. The highest BCUT2D eigenvalue weighted by molar-refractivity contribution is 5.78. The van der Waals surface area contributed by atoms with E-state index in [1.807, 2.05) is 18.2 Å². The summed E-state index contributed by atoms with van der Waals surface area (Å²) in [5.41, 5.74) is 3.82. The molecule has 4 heterocycles. The molecule has 1 unspecified atom stereocenters. The number of piperidine rings is 1. The van der Waals surface area contributed by atoms with Gasteiger partial charge in [0.1, 0.15) is 11.6 Å². The van der Waals surface area contributed by atoms with E-state index < -0.39 is 12.0 Å². The molecule has 0 aliphatic carbocycles. The molecule has 9 heteroatoms. The largest absolute Gasteiger partial charge is 0.481 e. The van der Waals surface area contributed by atoms with Crippen molar-refractivity contribution in [1.29, 1.82) is 0 Å². The molecule has 0 bridgehead atoms. The highest BCUT2D eigenvalue weighted by atomic mass is 16.4. The molecule has 1 aromatic heterocycles. The first-order valence-electron chi connectivity index (χ1n) is 11.6. The standard InChI is InChI=1S/C24H29N5O4/c30-21(31)15-19(23-27-18-7-1-2-8-20(18)33-23)29-14-13-28(24(29)32)12-4-6-17-10-9-16-5-3-11-25-22(16)26-17/h1-2,7-10,19,22,25-26H,3-6,11-15H2,(H,30,31)/t19-,22?/m1/s1. The van der Waals surface area contributed by atoms with E-state index in [0.29, 0.717) is 30.7 Å². The van der Waals surface area contributed by atoms with E-state index >= 15 is 0 Å². The molecule has 33 heavy (non-hydrogen) atoms. The quantitative estimate of drug-likeness (QED) is 0.566. The Hall–Kier alpha value is -3.33. The fourth-order valence-electron chi connectivity index (χ4n) is 4.82. The highest BCUT2D eigenvalue weighted by Crippen LogP contribution is 2.30. The Bertz CT molecular complexity index is 1070. The summed E-state index contributed by atoms with van der Waals surface area (Å²) >= 11 is 0. The van der Waals surface area contributed by atoms with Gasteiger partial charge in [0.2, 0.25) is 5.89 Å². The molecule has 0 spiro atoms. The molecule has 0 radical (unpaired) electrons. The SMILES string of the molecule is O=C(O)C[C@H](c1nc2ccccc2o1)N1CCN(CCCC2=CC=C3CCCNC3N2)C1=O. The van der Waals surface area contributed by atoms with E-state index in [1.54, 1.807) is 15.9 Å². The number of para-hydroxylation sites is 2. The number of rotatable bonds is 8. The number of aromatic nitrogens is 1. The third-order valence-electron chi connectivity index (χ3n) is 6.53. The van der Waals surface area contributed by atoms with Gasteiger partial charge in [-0.3, -0.25) is 10.1 Å². The average Bonchev–Trinajstić information content (AvgIpc) is 3.41. The smallest absolute Gasteiger partial charge is 0.320 e. The normalized spacial score (nSPS) is 21.5. The van der Waals surface area contributed by atoms with Crippen LogP contribution in [0.25, 0.3) is 11.1 Å². The molecule has 1 aromatic carbocycles. The minimum atomic E-state index is -0.993. The monoisotopic (exact) mass is 451 g/mol. The Morgan fingerprint density at radius 1 is 1.27 bits per heavy atom. The van der Waals surface area contributed by atoms with Gasteiger partial charge in [0.25, 0.3) is 0 Å². The summed E-state index contributed by atoms with van der Waals surface area (Å²) in [4.78, 5) is 32.5. The molecular weight excluding hydrogens is 422 g/mol. The van der Waals surface area contributed by atoms with E-state index in [1.165, 1.54) is 17.7 Å². The number of nitrogens with zero attached hydrogens (tertiary/aromatic N) is 3. The summed E-state index contributed by atoms with van der Waals surface area (Å²) in [6, 6.07) is 6.40. The molecule has 3 aliphatic rings. The zero-order valence-corrected chi connectivity index (χ0v) is 18.5. The number of dihydropyridines is 1. The third kappa shape index (κ3) is 4.59. The van der Waals surface area contributed by atoms with E-state index in [0.717, 1.165) is 25.8 Å². The molecule has 2 aromatic rings. The van der Waals surface area contributed by atoms with Crippen LogP contribution < -0.4 is 10.6 Å². The van der Waals surface area contributed by atoms with E-state index in [4.69, 9.17) is 4.42 Å². The first-order valence-corrected chi connectivity index (χ1v) is 11.6. The van der Waals surface area contributed by atoms with Crippen molar-refractivity contribution in [2.45, 2.75) is 44.3 Å². The lowest BCUT2D eigenvalue weighted by atomic mass is 9.99. The number of hydrogen-bond acceptors (Lipinski definition) is 6.